The fraction of sp³-hybridized carbons (Fsp3) is 0.571. The molecule has 1 unspecified atom stereocenters. The maximum absolute atomic E-state index is 6.05. The predicted octanol–water partition coefficient (Wildman–Crippen LogP) is 4.84. The van der Waals surface area contributed by atoms with Gasteiger partial charge in [0.2, 0.25) is 0 Å². The molecule has 2 saturated heterocycles. The van der Waals surface area contributed by atoms with E-state index in [2.05, 4.69) is 58.3 Å². The molecule has 0 spiro atoms. The molecule has 0 N–H and O–H groups in total. The summed E-state index contributed by atoms with van der Waals surface area (Å²) in [7, 11) is 0. The zero-order valence-electron chi connectivity index (χ0n) is 19.3. The fourth-order valence-corrected chi connectivity index (χ4v) is 5.60. The smallest absolute Gasteiger partial charge is 0.119 e. The summed E-state index contributed by atoms with van der Waals surface area (Å²) in [5, 5.41) is 0. The molecule has 0 radical (unpaired) electrons. The minimum atomic E-state index is 0.622. The summed E-state index contributed by atoms with van der Waals surface area (Å²) in [5.74, 6) is 3.49. The van der Waals surface area contributed by atoms with Crippen LogP contribution >= 0.6 is 0 Å². The molecule has 0 bridgehead atoms. The predicted molar refractivity (Wildman–Crippen MR) is 129 cm³/mol. The molecule has 2 aromatic carbocycles. The molecule has 172 valence electrons. The summed E-state index contributed by atoms with van der Waals surface area (Å²) < 4.78 is 12.0. The third-order valence-electron chi connectivity index (χ3n) is 7.55. The van der Waals surface area contributed by atoms with E-state index >= 15 is 0 Å². The van der Waals surface area contributed by atoms with Crippen molar-refractivity contribution in [2.75, 3.05) is 45.9 Å². The third kappa shape index (κ3) is 5.92. The van der Waals surface area contributed by atoms with Gasteiger partial charge in [-0.3, -0.25) is 4.90 Å². The van der Waals surface area contributed by atoms with Crippen molar-refractivity contribution in [3.8, 4) is 5.75 Å². The van der Waals surface area contributed by atoms with Crippen molar-refractivity contribution in [3.05, 3.63) is 65.7 Å². The molecule has 3 aliphatic rings. The molecule has 3 fully saturated rings. The van der Waals surface area contributed by atoms with Crippen LogP contribution < -0.4 is 4.74 Å². The van der Waals surface area contributed by atoms with Crippen LogP contribution in [0.2, 0.25) is 0 Å². The van der Waals surface area contributed by atoms with Crippen molar-refractivity contribution >= 4 is 0 Å². The summed E-state index contributed by atoms with van der Waals surface area (Å²) in [6.45, 7) is 9.88. The Bertz CT molecular complexity index is 807. The lowest BCUT2D eigenvalue weighted by Crippen LogP contribution is -2.31. The van der Waals surface area contributed by atoms with Gasteiger partial charge in [0.25, 0.3) is 0 Å². The number of fused-ring (bicyclic) bond motifs is 1. The molecular formula is C28H38N2O2. The van der Waals surface area contributed by atoms with Crippen molar-refractivity contribution in [1.82, 2.24) is 9.80 Å². The van der Waals surface area contributed by atoms with Crippen LogP contribution in [0.4, 0.5) is 0 Å². The summed E-state index contributed by atoms with van der Waals surface area (Å²) in [5.41, 5.74) is 2.58. The van der Waals surface area contributed by atoms with E-state index in [4.69, 9.17) is 9.47 Å². The third-order valence-corrected chi connectivity index (χ3v) is 7.55. The Kier molecular flexibility index (Phi) is 7.42. The van der Waals surface area contributed by atoms with Gasteiger partial charge in [0.05, 0.1) is 6.61 Å². The molecule has 2 aromatic rings. The quantitative estimate of drug-likeness (QED) is 0.473. The van der Waals surface area contributed by atoms with E-state index in [0.717, 1.165) is 43.3 Å². The zero-order chi connectivity index (χ0) is 21.6. The van der Waals surface area contributed by atoms with Crippen LogP contribution in [0.15, 0.2) is 54.6 Å². The monoisotopic (exact) mass is 434 g/mol. The molecule has 1 aliphatic carbocycles. The van der Waals surface area contributed by atoms with Gasteiger partial charge in [-0.2, -0.15) is 0 Å². The van der Waals surface area contributed by atoms with Crippen LogP contribution in [0.25, 0.3) is 0 Å². The Balaban J connectivity index is 0.951. The average molecular weight is 435 g/mol. The highest BCUT2D eigenvalue weighted by molar-refractivity contribution is 5.28. The first-order chi connectivity index (χ1) is 15.8. The second kappa shape index (κ2) is 10.8. The van der Waals surface area contributed by atoms with Gasteiger partial charge in [-0.15, -0.1) is 0 Å². The van der Waals surface area contributed by atoms with E-state index in [1.54, 1.807) is 0 Å². The second-order valence-electron chi connectivity index (χ2n) is 9.93. The molecule has 1 saturated carbocycles. The first kappa shape index (κ1) is 21.9. The maximum atomic E-state index is 6.05. The Morgan fingerprint density at radius 3 is 2.28 bits per heavy atom. The summed E-state index contributed by atoms with van der Waals surface area (Å²) >= 11 is 0. The highest BCUT2D eigenvalue weighted by Gasteiger charge is 2.55. The van der Waals surface area contributed by atoms with E-state index in [1.165, 1.54) is 69.5 Å². The maximum Gasteiger partial charge on any atom is 0.119 e. The summed E-state index contributed by atoms with van der Waals surface area (Å²) in [6.07, 6.45) is 5.38. The number of rotatable bonds is 11. The second-order valence-corrected chi connectivity index (χ2v) is 9.93. The largest absolute Gasteiger partial charge is 0.489 e. The van der Waals surface area contributed by atoms with Gasteiger partial charge in [0, 0.05) is 32.8 Å². The lowest BCUT2D eigenvalue weighted by atomic mass is 10.1. The van der Waals surface area contributed by atoms with E-state index in [0.29, 0.717) is 6.61 Å². The van der Waals surface area contributed by atoms with Crippen molar-refractivity contribution in [1.29, 1.82) is 0 Å². The SMILES string of the molecule is c1ccc(COc2ccc(CN3C[C@@H]4C(COCCCN5CCCCC5)[C@@H]4C3)cc2)cc1. The Morgan fingerprint density at radius 2 is 1.53 bits per heavy atom. The number of benzene rings is 2. The molecule has 2 aliphatic heterocycles. The first-order valence-electron chi connectivity index (χ1n) is 12.6. The standard InChI is InChI=1S/C28H38N2O2/c1-3-8-24(9-4-1)21-32-25-12-10-23(11-13-25)18-30-19-26-27(20-30)28(26)22-31-17-7-16-29-14-5-2-6-15-29/h1,3-4,8-13,26-28H,2,5-7,14-22H2/t26-,27+,28?. The molecule has 4 nitrogen and oxygen atoms in total. The van der Waals surface area contributed by atoms with Crippen LogP contribution in [0, 0.1) is 17.8 Å². The normalized spacial score (nSPS) is 25.6. The Hall–Kier alpha value is -1.88. The lowest BCUT2D eigenvalue weighted by Gasteiger charge is -2.26. The number of nitrogens with zero attached hydrogens (tertiary/aromatic N) is 2. The van der Waals surface area contributed by atoms with Crippen LogP contribution in [0.3, 0.4) is 0 Å². The molecule has 2 heterocycles. The number of likely N-dealkylation sites (tertiary alicyclic amines) is 2. The van der Waals surface area contributed by atoms with Crippen molar-refractivity contribution < 1.29 is 9.47 Å². The molecule has 4 heteroatoms. The van der Waals surface area contributed by atoms with Gasteiger partial charge >= 0.3 is 0 Å². The van der Waals surface area contributed by atoms with Gasteiger partial charge < -0.3 is 14.4 Å². The van der Waals surface area contributed by atoms with E-state index in [-0.39, 0.29) is 0 Å². The highest BCUT2D eigenvalue weighted by atomic mass is 16.5. The van der Waals surface area contributed by atoms with Crippen LogP contribution in [0.5, 0.6) is 5.75 Å². The molecule has 5 rings (SSSR count). The van der Waals surface area contributed by atoms with Crippen LogP contribution in [-0.4, -0.2) is 55.7 Å². The lowest BCUT2D eigenvalue weighted by molar-refractivity contribution is 0.0967. The molecule has 32 heavy (non-hydrogen) atoms. The van der Waals surface area contributed by atoms with Crippen LogP contribution in [0.1, 0.15) is 36.8 Å². The number of piperidine rings is 2. The highest BCUT2D eigenvalue weighted by Crippen LogP contribution is 2.52. The van der Waals surface area contributed by atoms with Crippen LogP contribution in [-0.2, 0) is 17.9 Å². The summed E-state index contributed by atoms with van der Waals surface area (Å²) in [6, 6.07) is 19.0. The van der Waals surface area contributed by atoms with Gasteiger partial charge in [-0.1, -0.05) is 48.9 Å². The molecular weight excluding hydrogens is 396 g/mol. The van der Waals surface area contributed by atoms with Gasteiger partial charge in [0.1, 0.15) is 12.4 Å². The van der Waals surface area contributed by atoms with Crippen molar-refractivity contribution in [2.45, 2.75) is 38.8 Å². The Labute approximate surface area is 193 Å². The number of hydrogen-bond donors (Lipinski definition) is 0. The molecule has 0 aromatic heterocycles. The number of ether oxygens (including phenoxy) is 2. The zero-order valence-corrected chi connectivity index (χ0v) is 19.3. The minimum Gasteiger partial charge on any atom is -0.489 e. The average Bonchev–Trinajstić information content (AvgIpc) is 3.29. The van der Waals surface area contributed by atoms with Gasteiger partial charge in [0.15, 0.2) is 0 Å². The first-order valence-corrected chi connectivity index (χ1v) is 12.6. The number of hydrogen-bond acceptors (Lipinski definition) is 4. The molecule has 0 amide bonds. The molecule has 3 atom stereocenters. The fourth-order valence-electron chi connectivity index (χ4n) is 5.60. The van der Waals surface area contributed by atoms with E-state index < -0.39 is 0 Å². The van der Waals surface area contributed by atoms with Crippen molar-refractivity contribution in [2.24, 2.45) is 17.8 Å². The van der Waals surface area contributed by atoms with Gasteiger partial charge in [-0.05, 0) is 73.4 Å². The van der Waals surface area contributed by atoms with E-state index in [9.17, 15) is 0 Å². The van der Waals surface area contributed by atoms with E-state index in [1.807, 2.05) is 6.07 Å². The topological polar surface area (TPSA) is 24.9 Å². The minimum absolute atomic E-state index is 0.622. The summed E-state index contributed by atoms with van der Waals surface area (Å²) in [4.78, 5) is 5.22. The Morgan fingerprint density at radius 1 is 0.781 bits per heavy atom. The van der Waals surface area contributed by atoms with Gasteiger partial charge in [-0.25, -0.2) is 0 Å². The van der Waals surface area contributed by atoms with Crippen molar-refractivity contribution in [3.63, 3.8) is 0 Å².